The highest BCUT2D eigenvalue weighted by molar-refractivity contribution is 7.91. The molecule has 1 rings (SSSR count). The Balaban J connectivity index is 2.90. The minimum Gasteiger partial charge on any atom is -0.466 e. The highest BCUT2D eigenvalue weighted by Crippen LogP contribution is 2.25. The monoisotopic (exact) mass is 313 g/mol. The Hall–Kier alpha value is -1.56. The molecule has 6 heteroatoms. The van der Waals surface area contributed by atoms with Gasteiger partial charge in [0.15, 0.2) is 9.84 Å². The predicted octanol–water partition coefficient (Wildman–Crippen LogP) is 2.26. The molecule has 0 N–H and O–H groups in total. The van der Waals surface area contributed by atoms with Gasteiger partial charge in [-0.3, -0.25) is 4.79 Å². The van der Waals surface area contributed by atoms with Crippen LogP contribution in [0.2, 0.25) is 0 Å². The van der Waals surface area contributed by atoms with Crippen LogP contribution < -0.4 is 4.90 Å². The molecule has 0 aromatic heterocycles. The van der Waals surface area contributed by atoms with E-state index in [-0.39, 0.29) is 18.1 Å². The molecule has 0 atom stereocenters. The van der Waals surface area contributed by atoms with Crippen LogP contribution in [0.5, 0.6) is 0 Å². The Bertz CT molecular complexity index is 569. The highest BCUT2D eigenvalue weighted by Gasteiger charge is 2.19. The summed E-state index contributed by atoms with van der Waals surface area (Å²) in [6, 6.07) is 6.88. The van der Waals surface area contributed by atoms with E-state index in [9.17, 15) is 13.2 Å². The molecule has 0 bridgehead atoms. The van der Waals surface area contributed by atoms with E-state index in [0.29, 0.717) is 30.2 Å². The average Bonchev–Trinajstić information content (AvgIpc) is 2.45. The summed E-state index contributed by atoms with van der Waals surface area (Å²) < 4.78 is 29.4. The molecule has 0 spiro atoms. The zero-order chi connectivity index (χ0) is 15.9. The minimum absolute atomic E-state index is 0.121. The number of hydrogen-bond acceptors (Lipinski definition) is 5. The third-order valence-electron chi connectivity index (χ3n) is 3.04. The molecule has 0 heterocycles. The van der Waals surface area contributed by atoms with Crippen molar-refractivity contribution in [3.8, 4) is 0 Å². The summed E-state index contributed by atoms with van der Waals surface area (Å²) in [6.45, 7) is 4.36. The van der Waals surface area contributed by atoms with Crippen LogP contribution in [0.4, 0.5) is 5.69 Å². The summed E-state index contributed by atoms with van der Waals surface area (Å²) in [5.41, 5.74) is 0.621. The summed E-state index contributed by atoms with van der Waals surface area (Å²) >= 11 is 0. The van der Waals surface area contributed by atoms with E-state index in [4.69, 9.17) is 4.74 Å². The molecule has 1 aromatic carbocycles. The van der Waals surface area contributed by atoms with Gasteiger partial charge in [0.05, 0.1) is 29.4 Å². The Morgan fingerprint density at radius 2 is 1.90 bits per heavy atom. The molecule has 118 valence electrons. The van der Waals surface area contributed by atoms with E-state index < -0.39 is 9.84 Å². The molecule has 21 heavy (non-hydrogen) atoms. The lowest BCUT2D eigenvalue weighted by molar-refractivity contribution is -0.142. The molecule has 0 saturated carbocycles. The van der Waals surface area contributed by atoms with Crippen molar-refractivity contribution in [2.45, 2.75) is 31.6 Å². The van der Waals surface area contributed by atoms with Gasteiger partial charge in [-0.1, -0.05) is 19.1 Å². The van der Waals surface area contributed by atoms with Gasteiger partial charge in [-0.2, -0.15) is 0 Å². The highest BCUT2D eigenvalue weighted by atomic mass is 32.2. The van der Waals surface area contributed by atoms with E-state index in [1.807, 2.05) is 6.92 Å². The van der Waals surface area contributed by atoms with Crippen LogP contribution in [0.25, 0.3) is 0 Å². The van der Waals surface area contributed by atoms with E-state index in [1.165, 1.54) is 0 Å². The third kappa shape index (κ3) is 5.04. The number of hydrogen-bond donors (Lipinski definition) is 0. The van der Waals surface area contributed by atoms with Crippen molar-refractivity contribution >= 4 is 21.5 Å². The first-order chi connectivity index (χ1) is 9.92. The van der Waals surface area contributed by atoms with Crippen LogP contribution in [0.15, 0.2) is 29.2 Å². The van der Waals surface area contributed by atoms with Crippen molar-refractivity contribution in [2.24, 2.45) is 0 Å². The van der Waals surface area contributed by atoms with Crippen molar-refractivity contribution in [1.82, 2.24) is 0 Å². The number of para-hydroxylation sites is 1. The topological polar surface area (TPSA) is 63.7 Å². The lowest BCUT2D eigenvalue weighted by atomic mass is 10.3. The second-order valence-corrected chi connectivity index (χ2v) is 6.84. The Morgan fingerprint density at radius 1 is 1.24 bits per heavy atom. The zero-order valence-electron chi connectivity index (χ0n) is 12.8. The lowest BCUT2D eigenvalue weighted by Crippen LogP contribution is -2.24. The second-order valence-electron chi connectivity index (χ2n) is 4.76. The van der Waals surface area contributed by atoms with Gasteiger partial charge in [0.1, 0.15) is 0 Å². The third-order valence-corrected chi connectivity index (χ3v) is 5.00. The first-order valence-electron chi connectivity index (χ1n) is 7.11. The molecule has 0 saturated heterocycles. The van der Waals surface area contributed by atoms with Crippen LogP contribution in [0, 0.1) is 0 Å². The van der Waals surface area contributed by atoms with Gasteiger partial charge in [-0.05, 0) is 25.5 Å². The molecule has 1 aromatic rings. The molecular formula is C15H23NO4S. The number of esters is 1. The standard InChI is InChI=1S/C15H23NO4S/c1-4-12-21(18,19)14-9-7-6-8-13(14)16(3)11-10-15(17)20-5-2/h6-9H,4-5,10-12H2,1-3H3. The molecule has 0 aliphatic rings. The number of nitrogens with zero attached hydrogens (tertiary/aromatic N) is 1. The van der Waals surface area contributed by atoms with E-state index in [0.717, 1.165) is 0 Å². The van der Waals surface area contributed by atoms with Crippen LogP contribution in [-0.2, 0) is 19.4 Å². The predicted molar refractivity (Wildman–Crippen MR) is 83.3 cm³/mol. The molecule has 5 nitrogen and oxygen atoms in total. The summed E-state index contributed by atoms with van der Waals surface area (Å²) in [6.07, 6.45) is 0.801. The van der Waals surface area contributed by atoms with Crippen molar-refractivity contribution in [2.75, 3.05) is 30.9 Å². The fraction of sp³-hybridized carbons (Fsp3) is 0.533. The minimum atomic E-state index is -3.29. The largest absolute Gasteiger partial charge is 0.466 e. The summed E-state index contributed by atoms with van der Waals surface area (Å²) in [4.78, 5) is 13.5. The number of benzene rings is 1. The first kappa shape index (κ1) is 17.5. The van der Waals surface area contributed by atoms with E-state index >= 15 is 0 Å². The maximum Gasteiger partial charge on any atom is 0.307 e. The number of anilines is 1. The lowest BCUT2D eigenvalue weighted by Gasteiger charge is -2.21. The van der Waals surface area contributed by atoms with Crippen molar-refractivity contribution < 1.29 is 17.9 Å². The maximum atomic E-state index is 12.3. The van der Waals surface area contributed by atoms with Gasteiger partial charge in [0, 0.05) is 13.6 Å². The van der Waals surface area contributed by atoms with Crippen LogP contribution >= 0.6 is 0 Å². The molecule has 0 fully saturated rings. The van der Waals surface area contributed by atoms with E-state index in [1.54, 1.807) is 43.1 Å². The number of carbonyl (C=O) groups excluding carboxylic acids is 1. The molecule has 0 unspecified atom stereocenters. The quantitative estimate of drug-likeness (QED) is 0.689. The van der Waals surface area contributed by atoms with Gasteiger partial charge >= 0.3 is 5.97 Å². The van der Waals surface area contributed by atoms with Gasteiger partial charge in [0.2, 0.25) is 0 Å². The van der Waals surface area contributed by atoms with Crippen LogP contribution in [0.1, 0.15) is 26.7 Å². The number of ether oxygens (including phenoxy) is 1. The zero-order valence-corrected chi connectivity index (χ0v) is 13.6. The van der Waals surface area contributed by atoms with Crippen molar-refractivity contribution in [3.63, 3.8) is 0 Å². The Kier molecular flexibility index (Phi) is 6.68. The fourth-order valence-corrected chi connectivity index (χ4v) is 3.61. The molecule has 0 aliphatic carbocycles. The van der Waals surface area contributed by atoms with Crippen LogP contribution in [-0.4, -0.2) is 40.3 Å². The van der Waals surface area contributed by atoms with Gasteiger partial charge < -0.3 is 9.64 Å². The number of carbonyl (C=O) groups is 1. The average molecular weight is 313 g/mol. The summed E-state index contributed by atoms with van der Waals surface area (Å²) in [5, 5.41) is 0. The molecule has 0 radical (unpaired) electrons. The van der Waals surface area contributed by atoms with E-state index in [2.05, 4.69) is 0 Å². The normalized spacial score (nSPS) is 11.2. The first-order valence-corrected chi connectivity index (χ1v) is 8.76. The molecule has 0 amide bonds. The fourth-order valence-electron chi connectivity index (χ4n) is 2.03. The summed E-state index contributed by atoms with van der Waals surface area (Å²) in [5.74, 6) is -0.159. The Labute approximate surface area is 126 Å². The molecular weight excluding hydrogens is 290 g/mol. The summed E-state index contributed by atoms with van der Waals surface area (Å²) in [7, 11) is -1.52. The van der Waals surface area contributed by atoms with Gasteiger partial charge in [-0.25, -0.2) is 8.42 Å². The van der Waals surface area contributed by atoms with Gasteiger partial charge in [0.25, 0.3) is 0 Å². The smallest absolute Gasteiger partial charge is 0.307 e. The van der Waals surface area contributed by atoms with Crippen molar-refractivity contribution in [3.05, 3.63) is 24.3 Å². The molecule has 0 aliphatic heterocycles. The number of sulfone groups is 1. The SMILES string of the molecule is CCCS(=O)(=O)c1ccccc1N(C)CCC(=O)OCC. The number of rotatable bonds is 8. The van der Waals surface area contributed by atoms with Crippen molar-refractivity contribution in [1.29, 1.82) is 0 Å². The van der Waals surface area contributed by atoms with Crippen LogP contribution in [0.3, 0.4) is 0 Å². The van der Waals surface area contributed by atoms with Gasteiger partial charge in [-0.15, -0.1) is 0 Å². The maximum absolute atomic E-state index is 12.3. The second kappa shape index (κ2) is 8.02. The Morgan fingerprint density at radius 3 is 2.52 bits per heavy atom.